The lowest BCUT2D eigenvalue weighted by Gasteiger charge is -2.45. The predicted octanol–water partition coefficient (Wildman–Crippen LogP) is 8.51. The fraction of sp³-hybridized carbons (Fsp3) is 0.517. The van der Waals surface area contributed by atoms with Crippen LogP contribution in [-0.4, -0.2) is 0 Å². The molecule has 2 unspecified atom stereocenters. The Morgan fingerprint density at radius 1 is 0.690 bits per heavy atom. The molecule has 0 heteroatoms. The average Bonchev–Trinajstić information content (AvgIpc) is 3.07. The summed E-state index contributed by atoms with van der Waals surface area (Å²) in [6.07, 6.45) is 7.76. The Bertz CT molecular complexity index is 791. The first kappa shape index (κ1) is 21.9. The molecule has 156 valence electrons. The molecule has 2 aromatic carbocycles. The van der Waals surface area contributed by atoms with Crippen LogP contribution in [0.1, 0.15) is 83.9 Å². The van der Waals surface area contributed by atoms with Crippen molar-refractivity contribution in [2.75, 3.05) is 0 Å². The normalized spacial score (nSPS) is 20.6. The minimum absolute atomic E-state index is 0.139. The van der Waals surface area contributed by atoms with Crippen LogP contribution in [0.15, 0.2) is 60.7 Å². The van der Waals surface area contributed by atoms with E-state index in [4.69, 9.17) is 0 Å². The summed E-state index contributed by atoms with van der Waals surface area (Å²) in [6.45, 7) is 14.4. The van der Waals surface area contributed by atoms with Crippen LogP contribution >= 0.6 is 0 Å². The Kier molecular flexibility index (Phi) is 7.04. The minimum atomic E-state index is 0.139. The molecule has 0 spiro atoms. The van der Waals surface area contributed by atoms with E-state index < -0.39 is 0 Å². The molecule has 0 aromatic heterocycles. The van der Waals surface area contributed by atoms with Crippen LogP contribution in [0, 0.1) is 23.7 Å². The topological polar surface area (TPSA) is 0 Å². The van der Waals surface area contributed by atoms with Crippen molar-refractivity contribution >= 4 is 5.57 Å². The highest BCUT2D eigenvalue weighted by Gasteiger charge is 2.48. The van der Waals surface area contributed by atoms with Crippen molar-refractivity contribution in [3.63, 3.8) is 0 Å². The average molecular weight is 389 g/mol. The predicted molar refractivity (Wildman–Crippen MR) is 128 cm³/mol. The van der Waals surface area contributed by atoms with E-state index in [1.807, 2.05) is 0 Å². The van der Waals surface area contributed by atoms with Crippen molar-refractivity contribution in [1.82, 2.24) is 0 Å². The Hall–Kier alpha value is -1.82. The van der Waals surface area contributed by atoms with Crippen molar-refractivity contribution in [3.05, 3.63) is 77.4 Å². The summed E-state index contributed by atoms with van der Waals surface area (Å²) in [5.41, 5.74) is 5.99. The van der Waals surface area contributed by atoms with Gasteiger partial charge in [-0.1, -0.05) is 115 Å². The molecule has 0 fully saturated rings. The molecule has 1 aliphatic carbocycles. The third-order valence-corrected chi connectivity index (χ3v) is 7.00. The van der Waals surface area contributed by atoms with Gasteiger partial charge in [0.2, 0.25) is 0 Å². The first-order chi connectivity index (χ1) is 13.9. The molecule has 0 aliphatic heterocycles. The molecule has 29 heavy (non-hydrogen) atoms. The fourth-order valence-corrected chi connectivity index (χ4v) is 5.89. The Morgan fingerprint density at radius 2 is 1.21 bits per heavy atom. The van der Waals surface area contributed by atoms with Gasteiger partial charge in [0, 0.05) is 5.41 Å². The molecule has 0 bridgehead atoms. The third-order valence-electron chi connectivity index (χ3n) is 7.00. The Balaban J connectivity index is 2.27. The highest BCUT2D eigenvalue weighted by atomic mass is 14.5. The van der Waals surface area contributed by atoms with Crippen LogP contribution in [0.4, 0.5) is 0 Å². The molecule has 1 aliphatic rings. The quantitative estimate of drug-likeness (QED) is 0.404. The first-order valence-corrected chi connectivity index (χ1v) is 11.8. The van der Waals surface area contributed by atoms with E-state index in [9.17, 15) is 0 Å². The van der Waals surface area contributed by atoms with Crippen LogP contribution in [-0.2, 0) is 5.41 Å². The van der Waals surface area contributed by atoms with Crippen molar-refractivity contribution in [2.24, 2.45) is 23.7 Å². The van der Waals surface area contributed by atoms with E-state index in [1.54, 1.807) is 5.56 Å². The van der Waals surface area contributed by atoms with Gasteiger partial charge >= 0.3 is 0 Å². The summed E-state index contributed by atoms with van der Waals surface area (Å²) in [4.78, 5) is 0. The zero-order valence-corrected chi connectivity index (χ0v) is 19.4. The number of rotatable bonds is 9. The fourth-order valence-electron chi connectivity index (χ4n) is 5.89. The van der Waals surface area contributed by atoms with Gasteiger partial charge in [-0.3, -0.25) is 0 Å². The van der Waals surface area contributed by atoms with Gasteiger partial charge in [-0.15, -0.1) is 0 Å². The summed E-state index contributed by atoms with van der Waals surface area (Å²) in [7, 11) is 0. The maximum absolute atomic E-state index is 2.71. The number of fused-ring (bicyclic) bond motifs is 1. The van der Waals surface area contributed by atoms with Gasteiger partial charge in [0.25, 0.3) is 0 Å². The highest BCUT2D eigenvalue weighted by Crippen LogP contribution is 2.56. The number of hydrogen-bond acceptors (Lipinski definition) is 0. The van der Waals surface area contributed by atoms with Gasteiger partial charge in [0.15, 0.2) is 0 Å². The molecule has 2 atom stereocenters. The van der Waals surface area contributed by atoms with E-state index in [0.717, 1.165) is 11.8 Å². The second-order valence-corrected chi connectivity index (χ2v) is 9.87. The van der Waals surface area contributed by atoms with E-state index in [0.29, 0.717) is 11.8 Å². The second-order valence-electron chi connectivity index (χ2n) is 9.87. The monoisotopic (exact) mass is 388 g/mol. The Labute approximate surface area is 179 Å². The van der Waals surface area contributed by atoms with Crippen molar-refractivity contribution in [1.29, 1.82) is 0 Å². The molecule has 0 saturated carbocycles. The smallest absolute Gasteiger partial charge is 0.0204 e. The summed E-state index contributed by atoms with van der Waals surface area (Å²) in [6, 6.07) is 20.3. The van der Waals surface area contributed by atoms with Crippen LogP contribution in [0.25, 0.3) is 5.57 Å². The second kappa shape index (κ2) is 9.33. The lowest BCUT2D eigenvalue weighted by atomic mass is 9.58. The number of benzene rings is 2. The van der Waals surface area contributed by atoms with Crippen molar-refractivity contribution < 1.29 is 0 Å². The van der Waals surface area contributed by atoms with Crippen LogP contribution in [0.3, 0.4) is 0 Å². The molecule has 0 saturated heterocycles. The van der Waals surface area contributed by atoms with Gasteiger partial charge in [-0.05, 0) is 58.8 Å². The van der Waals surface area contributed by atoms with Gasteiger partial charge in [0.05, 0.1) is 0 Å². The van der Waals surface area contributed by atoms with Gasteiger partial charge in [-0.25, -0.2) is 0 Å². The zero-order valence-electron chi connectivity index (χ0n) is 19.4. The van der Waals surface area contributed by atoms with Crippen LogP contribution in [0.2, 0.25) is 0 Å². The minimum Gasteiger partial charge on any atom is -0.0651 e. The molecule has 0 amide bonds. The SMILES string of the molecule is CCC(CC(C)C)C1(C(CC)CC(C)C)C=C(c2ccccc2)c2ccccc21. The third kappa shape index (κ3) is 4.23. The van der Waals surface area contributed by atoms with Gasteiger partial charge < -0.3 is 0 Å². The molecule has 0 nitrogen and oxygen atoms in total. The first-order valence-electron chi connectivity index (χ1n) is 11.8. The molecule has 3 rings (SSSR count). The number of hydrogen-bond donors (Lipinski definition) is 0. The van der Waals surface area contributed by atoms with Crippen LogP contribution in [0.5, 0.6) is 0 Å². The van der Waals surface area contributed by atoms with E-state index >= 15 is 0 Å². The molecule has 2 aromatic rings. The molecule has 0 N–H and O–H groups in total. The maximum Gasteiger partial charge on any atom is 0.0204 e. The Morgan fingerprint density at radius 3 is 1.72 bits per heavy atom. The van der Waals surface area contributed by atoms with Crippen LogP contribution < -0.4 is 0 Å². The van der Waals surface area contributed by atoms with E-state index in [-0.39, 0.29) is 5.41 Å². The summed E-state index contributed by atoms with van der Waals surface area (Å²) >= 11 is 0. The van der Waals surface area contributed by atoms with Crippen molar-refractivity contribution in [2.45, 2.75) is 72.6 Å². The van der Waals surface area contributed by atoms with Gasteiger partial charge in [0.1, 0.15) is 0 Å². The van der Waals surface area contributed by atoms with Gasteiger partial charge in [-0.2, -0.15) is 0 Å². The van der Waals surface area contributed by atoms with E-state index in [1.165, 1.54) is 42.4 Å². The largest absolute Gasteiger partial charge is 0.0651 e. The molecule has 0 radical (unpaired) electrons. The standard InChI is InChI=1S/C29H40/c1-7-24(18-21(3)4)29(25(8-2)19-22(5)6)20-27(23-14-10-9-11-15-23)26-16-12-13-17-28(26)29/h9-17,20-22,24-25H,7-8,18-19H2,1-6H3. The molecular formula is C29H40. The lowest BCUT2D eigenvalue weighted by molar-refractivity contribution is 0.165. The molecular weight excluding hydrogens is 348 g/mol. The number of allylic oxidation sites excluding steroid dienone is 1. The zero-order chi connectivity index (χ0) is 21.0. The maximum atomic E-state index is 2.71. The van der Waals surface area contributed by atoms with Crippen molar-refractivity contribution in [3.8, 4) is 0 Å². The summed E-state index contributed by atoms with van der Waals surface area (Å²) < 4.78 is 0. The lowest BCUT2D eigenvalue weighted by Crippen LogP contribution is -2.41. The summed E-state index contributed by atoms with van der Waals surface area (Å²) in [5.74, 6) is 2.78. The summed E-state index contributed by atoms with van der Waals surface area (Å²) in [5, 5.41) is 0. The highest BCUT2D eigenvalue weighted by molar-refractivity contribution is 5.87. The molecule has 0 heterocycles. The van der Waals surface area contributed by atoms with E-state index in [2.05, 4.69) is 102 Å².